The molecule has 0 bridgehead atoms. The summed E-state index contributed by atoms with van der Waals surface area (Å²) in [6.07, 6.45) is 4.03. The molecule has 2 heterocycles. The number of amides is 1. The molecule has 5 nitrogen and oxygen atoms in total. The van der Waals surface area contributed by atoms with Crippen LogP contribution in [-0.4, -0.2) is 21.9 Å². The van der Waals surface area contributed by atoms with Crippen LogP contribution in [0.1, 0.15) is 5.56 Å². The Bertz CT molecular complexity index is 1060. The van der Waals surface area contributed by atoms with Gasteiger partial charge in [-0.3, -0.25) is 9.78 Å². The van der Waals surface area contributed by atoms with Gasteiger partial charge in [-0.05, 0) is 30.2 Å². The highest BCUT2D eigenvalue weighted by molar-refractivity contribution is 5.97. The fourth-order valence-electron chi connectivity index (χ4n) is 3.00. The number of aromatic nitrogens is 2. The van der Waals surface area contributed by atoms with E-state index in [1.807, 2.05) is 60.8 Å². The van der Waals surface area contributed by atoms with Crippen molar-refractivity contribution in [2.75, 3.05) is 5.32 Å². The normalized spacial score (nSPS) is 11.9. The van der Waals surface area contributed by atoms with Crippen LogP contribution in [0.25, 0.3) is 21.8 Å². The SMILES string of the molecule is Cl.N[C@@H](Cc1c[nH]c2ccccc12)C(=O)Nc1cnc2ccccc2c1. The summed E-state index contributed by atoms with van der Waals surface area (Å²) in [5.41, 5.74) is 9.74. The lowest BCUT2D eigenvalue weighted by atomic mass is 10.0. The first-order valence-corrected chi connectivity index (χ1v) is 8.17. The third-order valence-corrected chi connectivity index (χ3v) is 4.31. The average molecular weight is 367 g/mol. The van der Waals surface area contributed by atoms with Gasteiger partial charge < -0.3 is 16.0 Å². The Morgan fingerprint density at radius 3 is 2.81 bits per heavy atom. The number of halogens is 1. The number of fused-ring (bicyclic) bond motifs is 2. The molecule has 4 aromatic rings. The Morgan fingerprint density at radius 2 is 1.92 bits per heavy atom. The van der Waals surface area contributed by atoms with Crippen molar-refractivity contribution >= 4 is 45.8 Å². The number of hydrogen-bond donors (Lipinski definition) is 3. The van der Waals surface area contributed by atoms with E-state index in [2.05, 4.69) is 15.3 Å². The lowest BCUT2D eigenvalue weighted by Gasteiger charge is -2.12. The number of H-pyrrole nitrogens is 1. The highest BCUT2D eigenvalue weighted by Gasteiger charge is 2.16. The van der Waals surface area contributed by atoms with Gasteiger partial charge in [-0.15, -0.1) is 12.4 Å². The number of carbonyl (C=O) groups excluding carboxylic acids is 1. The number of benzene rings is 2. The van der Waals surface area contributed by atoms with E-state index < -0.39 is 6.04 Å². The highest BCUT2D eigenvalue weighted by atomic mass is 35.5. The molecule has 0 unspecified atom stereocenters. The van der Waals surface area contributed by atoms with Crippen LogP contribution in [0.5, 0.6) is 0 Å². The van der Waals surface area contributed by atoms with Gasteiger partial charge in [0.15, 0.2) is 0 Å². The van der Waals surface area contributed by atoms with Crippen LogP contribution >= 0.6 is 12.4 Å². The van der Waals surface area contributed by atoms with E-state index in [1.165, 1.54) is 0 Å². The summed E-state index contributed by atoms with van der Waals surface area (Å²) in [6.45, 7) is 0. The minimum atomic E-state index is -0.634. The van der Waals surface area contributed by atoms with Crippen molar-refractivity contribution < 1.29 is 4.79 Å². The minimum Gasteiger partial charge on any atom is -0.361 e. The second-order valence-corrected chi connectivity index (χ2v) is 6.08. The Kier molecular flexibility index (Phi) is 5.21. The summed E-state index contributed by atoms with van der Waals surface area (Å²) in [6, 6.07) is 17.0. The molecule has 4 rings (SSSR count). The highest BCUT2D eigenvalue weighted by Crippen LogP contribution is 2.20. The zero-order valence-corrected chi connectivity index (χ0v) is 14.8. The number of aromatic amines is 1. The topological polar surface area (TPSA) is 83.8 Å². The van der Waals surface area contributed by atoms with Gasteiger partial charge in [0.2, 0.25) is 5.91 Å². The maximum Gasteiger partial charge on any atom is 0.241 e. The van der Waals surface area contributed by atoms with Gasteiger partial charge in [-0.2, -0.15) is 0 Å². The van der Waals surface area contributed by atoms with Crippen molar-refractivity contribution in [3.05, 3.63) is 72.6 Å². The molecule has 0 radical (unpaired) electrons. The molecule has 26 heavy (non-hydrogen) atoms. The van der Waals surface area contributed by atoms with Crippen molar-refractivity contribution in [2.45, 2.75) is 12.5 Å². The zero-order chi connectivity index (χ0) is 17.2. The summed E-state index contributed by atoms with van der Waals surface area (Å²) in [7, 11) is 0. The minimum absolute atomic E-state index is 0. The first-order chi connectivity index (χ1) is 12.2. The number of hydrogen-bond acceptors (Lipinski definition) is 3. The van der Waals surface area contributed by atoms with Crippen LogP contribution in [-0.2, 0) is 11.2 Å². The average Bonchev–Trinajstić information content (AvgIpc) is 3.04. The second kappa shape index (κ2) is 7.56. The van der Waals surface area contributed by atoms with E-state index in [-0.39, 0.29) is 18.3 Å². The summed E-state index contributed by atoms with van der Waals surface area (Å²) in [5, 5.41) is 4.93. The number of anilines is 1. The molecule has 6 heteroatoms. The smallest absolute Gasteiger partial charge is 0.241 e. The Labute approximate surface area is 157 Å². The van der Waals surface area contributed by atoms with Crippen LogP contribution < -0.4 is 11.1 Å². The molecule has 0 aliphatic rings. The predicted octanol–water partition coefficient (Wildman–Crippen LogP) is 3.65. The van der Waals surface area contributed by atoms with Crippen molar-refractivity contribution in [1.29, 1.82) is 0 Å². The maximum atomic E-state index is 12.4. The first kappa shape index (κ1) is 17.9. The summed E-state index contributed by atoms with van der Waals surface area (Å²) in [5.74, 6) is -0.220. The van der Waals surface area contributed by atoms with Gasteiger partial charge in [-0.1, -0.05) is 36.4 Å². The summed E-state index contributed by atoms with van der Waals surface area (Å²) in [4.78, 5) is 20.0. The number of pyridine rings is 1. The lowest BCUT2D eigenvalue weighted by Crippen LogP contribution is -2.37. The molecule has 2 aromatic heterocycles. The fourth-order valence-corrected chi connectivity index (χ4v) is 3.00. The third-order valence-electron chi connectivity index (χ3n) is 4.31. The Balaban J connectivity index is 0.00000196. The van der Waals surface area contributed by atoms with Gasteiger partial charge in [0.05, 0.1) is 23.4 Å². The van der Waals surface area contributed by atoms with Crippen molar-refractivity contribution in [3.63, 3.8) is 0 Å². The van der Waals surface area contributed by atoms with E-state index in [0.29, 0.717) is 12.1 Å². The molecule has 0 saturated heterocycles. The quantitative estimate of drug-likeness (QED) is 0.515. The zero-order valence-electron chi connectivity index (χ0n) is 14.0. The largest absolute Gasteiger partial charge is 0.361 e. The monoisotopic (exact) mass is 366 g/mol. The van der Waals surface area contributed by atoms with E-state index in [4.69, 9.17) is 5.73 Å². The molecule has 1 amide bonds. The molecule has 0 aliphatic heterocycles. The first-order valence-electron chi connectivity index (χ1n) is 8.17. The maximum absolute atomic E-state index is 12.4. The lowest BCUT2D eigenvalue weighted by molar-refractivity contribution is -0.117. The van der Waals surface area contributed by atoms with E-state index in [1.54, 1.807) is 6.20 Å². The summed E-state index contributed by atoms with van der Waals surface area (Å²) >= 11 is 0. The molecule has 0 fully saturated rings. The van der Waals surface area contributed by atoms with Crippen LogP contribution in [0.2, 0.25) is 0 Å². The van der Waals surface area contributed by atoms with E-state index in [9.17, 15) is 4.79 Å². The van der Waals surface area contributed by atoms with Crippen LogP contribution in [0.4, 0.5) is 5.69 Å². The fraction of sp³-hybridized carbons (Fsp3) is 0.100. The van der Waals surface area contributed by atoms with Crippen molar-refractivity contribution in [1.82, 2.24) is 9.97 Å². The van der Waals surface area contributed by atoms with Gasteiger partial charge in [-0.25, -0.2) is 0 Å². The number of rotatable bonds is 4. The van der Waals surface area contributed by atoms with Crippen molar-refractivity contribution in [3.8, 4) is 0 Å². The van der Waals surface area contributed by atoms with Crippen LogP contribution in [0, 0.1) is 0 Å². The predicted molar refractivity (Wildman–Crippen MR) is 108 cm³/mol. The molecule has 132 valence electrons. The number of nitrogens with zero attached hydrogens (tertiary/aromatic N) is 1. The Morgan fingerprint density at radius 1 is 1.15 bits per heavy atom. The molecule has 0 saturated carbocycles. The van der Waals surface area contributed by atoms with Gasteiger partial charge in [0.1, 0.15) is 0 Å². The third kappa shape index (κ3) is 3.54. The molecular weight excluding hydrogens is 348 g/mol. The number of carbonyl (C=O) groups is 1. The van der Waals surface area contributed by atoms with Gasteiger partial charge in [0.25, 0.3) is 0 Å². The molecule has 1 atom stereocenters. The molecule has 0 aliphatic carbocycles. The van der Waals surface area contributed by atoms with Gasteiger partial charge >= 0.3 is 0 Å². The van der Waals surface area contributed by atoms with Crippen LogP contribution in [0.15, 0.2) is 67.0 Å². The molecule has 0 spiro atoms. The van der Waals surface area contributed by atoms with E-state index in [0.717, 1.165) is 27.4 Å². The second-order valence-electron chi connectivity index (χ2n) is 6.08. The Hall–Kier alpha value is -2.89. The van der Waals surface area contributed by atoms with Crippen LogP contribution in [0.3, 0.4) is 0 Å². The number of para-hydroxylation sites is 2. The van der Waals surface area contributed by atoms with Gasteiger partial charge in [0, 0.05) is 22.5 Å². The standard InChI is InChI=1S/C20H18N4O.ClH/c21-17(10-14-11-22-19-8-4-2-6-16(14)19)20(25)24-15-9-13-5-1-3-7-18(13)23-12-15;/h1-9,11-12,17,22H,10,21H2,(H,24,25);1H/t17-;/m0./s1. The molecule has 4 N–H and O–H groups in total. The number of nitrogens with one attached hydrogen (secondary N) is 2. The molecule has 2 aromatic carbocycles. The summed E-state index contributed by atoms with van der Waals surface area (Å²) < 4.78 is 0. The number of nitrogens with two attached hydrogens (primary N) is 1. The van der Waals surface area contributed by atoms with E-state index >= 15 is 0 Å². The molecular formula is C20H19ClN4O. The van der Waals surface area contributed by atoms with Crippen molar-refractivity contribution in [2.24, 2.45) is 5.73 Å².